The van der Waals surface area contributed by atoms with Crippen molar-refractivity contribution in [2.75, 3.05) is 26.6 Å². The van der Waals surface area contributed by atoms with Gasteiger partial charge in [-0.3, -0.25) is 4.79 Å². The predicted molar refractivity (Wildman–Crippen MR) is 71.8 cm³/mol. The van der Waals surface area contributed by atoms with Gasteiger partial charge in [-0.2, -0.15) is 0 Å². The van der Waals surface area contributed by atoms with Gasteiger partial charge in [-0.1, -0.05) is 15.9 Å². The molecule has 18 heavy (non-hydrogen) atoms. The van der Waals surface area contributed by atoms with Crippen molar-refractivity contribution in [2.45, 2.75) is 28.2 Å². The second-order valence-electron chi connectivity index (χ2n) is 5.11. The molecule has 6 heteroatoms. The molecule has 1 spiro atoms. The summed E-state index contributed by atoms with van der Waals surface area (Å²) in [5.74, 6) is -0.401. The lowest BCUT2D eigenvalue weighted by Crippen LogP contribution is -2.46. The minimum atomic E-state index is -0.549. The maximum absolute atomic E-state index is 12.3. The highest BCUT2D eigenvalue weighted by atomic mass is 79.9. The fourth-order valence-corrected chi connectivity index (χ4v) is 6.46. The molecule has 1 saturated heterocycles. The lowest BCUT2D eigenvalue weighted by Gasteiger charge is -2.35. The molecule has 3 aliphatic rings. The molecule has 0 aromatic carbocycles. The highest BCUT2D eigenvalue weighted by molar-refractivity contribution is 9.09. The molecular formula is C12H17BrO4S. The number of alkyl halides is 1. The molecule has 4 nitrogen and oxygen atoms in total. The minimum Gasteiger partial charge on any atom is -0.468 e. The molecule has 0 radical (unpaired) electrons. The molecule has 1 heterocycles. The van der Waals surface area contributed by atoms with E-state index in [1.54, 1.807) is 11.8 Å². The SMILES string of the molecule is COC(=O)[C@]1(SC)[C@@H]2C[C@@H](Br)[C@@H]1CC21OCCO1. The summed E-state index contributed by atoms with van der Waals surface area (Å²) in [5, 5.41) is 0. The Morgan fingerprint density at radius 2 is 2.11 bits per heavy atom. The molecule has 0 aromatic heterocycles. The summed E-state index contributed by atoms with van der Waals surface area (Å²) >= 11 is 5.30. The third kappa shape index (κ3) is 1.43. The summed E-state index contributed by atoms with van der Waals surface area (Å²) in [5.41, 5.74) is 0. The fraction of sp³-hybridized carbons (Fsp3) is 0.917. The number of carbonyl (C=O) groups excluding carboxylic acids is 1. The monoisotopic (exact) mass is 336 g/mol. The first kappa shape index (κ1) is 13.2. The molecule has 3 rings (SSSR count). The third-order valence-electron chi connectivity index (χ3n) is 4.62. The Balaban J connectivity index is 2.02. The quantitative estimate of drug-likeness (QED) is 0.568. The van der Waals surface area contributed by atoms with E-state index in [-0.39, 0.29) is 17.8 Å². The zero-order valence-corrected chi connectivity index (χ0v) is 12.9. The van der Waals surface area contributed by atoms with E-state index in [1.165, 1.54) is 7.11 Å². The summed E-state index contributed by atoms with van der Waals surface area (Å²) in [4.78, 5) is 12.7. The van der Waals surface area contributed by atoms with E-state index in [1.807, 2.05) is 6.26 Å². The molecule has 4 atom stereocenters. The van der Waals surface area contributed by atoms with Gasteiger partial charge in [0.2, 0.25) is 0 Å². The zero-order chi connectivity index (χ0) is 13.0. The summed E-state index contributed by atoms with van der Waals surface area (Å²) in [7, 11) is 1.46. The Labute approximate surface area is 119 Å². The zero-order valence-electron chi connectivity index (χ0n) is 10.5. The second kappa shape index (κ2) is 4.36. The average molecular weight is 337 g/mol. The lowest BCUT2D eigenvalue weighted by molar-refractivity contribution is -0.193. The van der Waals surface area contributed by atoms with Crippen LogP contribution in [0.15, 0.2) is 0 Å². The van der Waals surface area contributed by atoms with Crippen LogP contribution in [0.3, 0.4) is 0 Å². The van der Waals surface area contributed by atoms with Gasteiger partial charge in [0.25, 0.3) is 0 Å². The van der Waals surface area contributed by atoms with Crippen molar-refractivity contribution in [1.82, 2.24) is 0 Å². The van der Waals surface area contributed by atoms with Gasteiger partial charge < -0.3 is 14.2 Å². The van der Waals surface area contributed by atoms with Gasteiger partial charge in [-0.05, 0) is 12.7 Å². The maximum Gasteiger partial charge on any atom is 0.322 e. The number of fused-ring (bicyclic) bond motifs is 3. The van der Waals surface area contributed by atoms with Gasteiger partial charge >= 0.3 is 5.97 Å². The van der Waals surface area contributed by atoms with Crippen LogP contribution in [0.25, 0.3) is 0 Å². The van der Waals surface area contributed by atoms with Crippen molar-refractivity contribution < 1.29 is 19.0 Å². The molecular weight excluding hydrogens is 320 g/mol. The predicted octanol–water partition coefficient (Wildman–Crippen LogP) is 1.81. The molecule has 2 saturated carbocycles. The first-order valence-corrected chi connectivity index (χ1v) is 8.30. The molecule has 0 aromatic rings. The second-order valence-corrected chi connectivity index (χ2v) is 7.37. The van der Waals surface area contributed by atoms with E-state index in [2.05, 4.69) is 15.9 Å². The van der Waals surface area contributed by atoms with Crippen LogP contribution in [-0.2, 0) is 19.0 Å². The van der Waals surface area contributed by atoms with Crippen LogP contribution in [0.2, 0.25) is 0 Å². The molecule has 2 aliphatic carbocycles. The standard InChI is InChI=1S/C12H17BrO4S/c1-15-10(14)12(18-2)7-6-11(16-3-4-17-11)9(12)5-8(7)13/h7-9H,3-6H2,1-2H3/t7-,8+,9+,12+/m0/s1. The summed E-state index contributed by atoms with van der Waals surface area (Å²) in [6, 6.07) is 0. The number of hydrogen-bond donors (Lipinski definition) is 0. The van der Waals surface area contributed by atoms with Crippen LogP contribution in [0.1, 0.15) is 12.8 Å². The third-order valence-corrected chi connectivity index (χ3v) is 7.06. The van der Waals surface area contributed by atoms with E-state index in [9.17, 15) is 4.79 Å². The maximum atomic E-state index is 12.3. The van der Waals surface area contributed by atoms with Crippen molar-refractivity contribution in [3.63, 3.8) is 0 Å². The summed E-state index contributed by atoms with van der Waals surface area (Å²) in [6.45, 7) is 1.25. The van der Waals surface area contributed by atoms with Crippen molar-refractivity contribution in [3.8, 4) is 0 Å². The Hall–Kier alpha value is 0.220. The van der Waals surface area contributed by atoms with Gasteiger partial charge in [0.1, 0.15) is 4.75 Å². The Morgan fingerprint density at radius 1 is 1.44 bits per heavy atom. The Morgan fingerprint density at radius 3 is 2.67 bits per heavy atom. The van der Waals surface area contributed by atoms with Crippen molar-refractivity contribution in [2.24, 2.45) is 11.8 Å². The number of esters is 1. The van der Waals surface area contributed by atoms with Crippen molar-refractivity contribution >= 4 is 33.7 Å². The average Bonchev–Trinajstić information content (AvgIpc) is 3.02. The van der Waals surface area contributed by atoms with E-state index in [4.69, 9.17) is 14.2 Å². The van der Waals surface area contributed by atoms with Crippen LogP contribution >= 0.6 is 27.7 Å². The first-order valence-electron chi connectivity index (χ1n) is 6.16. The smallest absolute Gasteiger partial charge is 0.322 e. The fourth-order valence-electron chi connectivity index (χ4n) is 3.95. The highest BCUT2D eigenvalue weighted by Crippen LogP contribution is 2.66. The number of hydrogen-bond acceptors (Lipinski definition) is 5. The highest BCUT2D eigenvalue weighted by Gasteiger charge is 2.74. The number of halogens is 1. The van der Waals surface area contributed by atoms with Gasteiger partial charge in [0.05, 0.1) is 20.3 Å². The molecule has 0 amide bonds. The van der Waals surface area contributed by atoms with Gasteiger partial charge in [0.15, 0.2) is 5.79 Å². The largest absolute Gasteiger partial charge is 0.468 e. The topological polar surface area (TPSA) is 44.8 Å². The Kier molecular flexibility index (Phi) is 3.20. The van der Waals surface area contributed by atoms with Crippen molar-refractivity contribution in [3.05, 3.63) is 0 Å². The van der Waals surface area contributed by atoms with Crippen LogP contribution in [0.4, 0.5) is 0 Å². The number of rotatable bonds is 2. The van der Waals surface area contributed by atoms with E-state index < -0.39 is 10.5 Å². The summed E-state index contributed by atoms with van der Waals surface area (Å²) in [6.07, 6.45) is 3.67. The number of ether oxygens (including phenoxy) is 3. The van der Waals surface area contributed by atoms with Crippen LogP contribution in [0, 0.1) is 11.8 Å². The van der Waals surface area contributed by atoms with E-state index in [0.717, 1.165) is 12.8 Å². The van der Waals surface area contributed by atoms with Gasteiger partial charge in [0, 0.05) is 23.1 Å². The normalized spacial score (nSPS) is 44.7. The van der Waals surface area contributed by atoms with E-state index >= 15 is 0 Å². The Bertz CT molecular complexity index is 371. The van der Waals surface area contributed by atoms with E-state index in [0.29, 0.717) is 18.0 Å². The number of carbonyl (C=O) groups is 1. The first-order chi connectivity index (χ1) is 8.60. The molecule has 1 aliphatic heterocycles. The molecule has 0 unspecified atom stereocenters. The molecule has 102 valence electrons. The lowest BCUT2D eigenvalue weighted by atomic mass is 9.92. The molecule has 0 N–H and O–H groups in total. The van der Waals surface area contributed by atoms with Gasteiger partial charge in [-0.15, -0.1) is 11.8 Å². The van der Waals surface area contributed by atoms with Crippen molar-refractivity contribution in [1.29, 1.82) is 0 Å². The summed E-state index contributed by atoms with van der Waals surface area (Å²) < 4.78 is 16.3. The number of methoxy groups -OCH3 is 1. The van der Waals surface area contributed by atoms with Crippen LogP contribution in [0.5, 0.6) is 0 Å². The van der Waals surface area contributed by atoms with Gasteiger partial charge in [-0.25, -0.2) is 0 Å². The minimum absolute atomic E-state index is 0.0734. The van der Waals surface area contributed by atoms with Crippen LogP contribution < -0.4 is 0 Å². The molecule has 3 fully saturated rings. The molecule has 2 bridgehead atoms. The number of thioether (sulfide) groups is 1. The van der Waals surface area contributed by atoms with Crippen LogP contribution in [-0.4, -0.2) is 47.9 Å².